The topological polar surface area (TPSA) is 50.9 Å². The molecule has 2 rings (SSSR count). The molecular weight excluding hydrogens is 287 g/mol. The summed E-state index contributed by atoms with van der Waals surface area (Å²) >= 11 is 4.84. The fraction of sp³-hybridized carbons (Fsp3) is 0.0769. The van der Waals surface area contributed by atoms with Crippen LogP contribution in [0.5, 0.6) is 0 Å². The molecule has 0 saturated carbocycles. The molecule has 0 saturated heterocycles. The van der Waals surface area contributed by atoms with E-state index in [0.29, 0.717) is 17.1 Å². The number of alkyl halides is 3. The Morgan fingerprint density at radius 2 is 1.80 bits per heavy atom. The molecule has 0 unspecified atom stereocenters. The Morgan fingerprint density at radius 3 is 2.35 bits per heavy atom. The van der Waals surface area contributed by atoms with Gasteiger partial charge in [-0.3, -0.25) is 0 Å². The van der Waals surface area contributed by atoms with Crippen molar-refractivity contribution in [1.29, 1.82) is 0 Å². The normalized spacial score (nSPS) is 11.2. The van der Waals surface area contributed by atoms with E-state index in [-0.39, 0.29) is 4.99 Å². The first-order valence-electron chi connectivity index (χ1n) is 5.56. The van der Waals surface area contributed by atoms with Gasteiger partial charge in [-0.05, 0) is 36.4 Å². The summed E-state index contributed by atoms with van der Waals surface area (Å²) in [6.07, 6.45) is -2.83. The van der Waals surface area contributed by atoms with Crippen molar-refractivity contribution in [3.05, 3.63) is 53.7 Å². The van der Waals surface area contributed by atoms with Gasteiger partial charge in [0.25, 0.3) is 0 Å². The molecule has 1 heterocycles. The fourth-order valence-electron chi connectivity index (χ4n) is 1.54. The number of nitrogens with zero attached hydrogens (tertiary/aromatic N) is 1. The Labute approximate surface area is 118 Å². The number of nitrogens with two attached hydrogens (primary N) is 1. The summed E-state index contributed by atoms with van der Waals surface area (Å²) < 4.78 is 37.3. The molecule has 20 heavy (non-hydrogen) atoms. The van der Waals surface area contributed by atoms with Gasteiger partial charge in [0.1, 0.15) is 10.8 Å². The van der Waals surface area contributed by atoms with E-state index in [2.05, 4.69) is 10.3 Å². The van der Waals surface area contributed by atoms with Crippen LogP contribution < -0.4 is 11.1 Å². The largest absolute Gasteiger partial charge is 0.416 e. The summed E-state index contributed by atoms with van der Waals surface area (Å²) in [5.74, 6) is 0.454. The quantitative estimate of drug-likeness (QED) is 0.852. The lowest BCUT2D eigenvalue weighted by atomic mass is 10.2. The Kier molecular flexibility index (Phi) is 3.89. The lowest BCUT2D eigenvalue weighted by molar-refractivity contribution is -0.137. The van der Waals surface area contributed by atoms with Crippen LogP contribution in [0, 0.1) is 0 Å². The van der Waals surface area contributed by atoms with E-state index in [1.54, 1.807) is 12.1 Å². The van der Waals surface area contributed by atoms with Crippen molar-refractivity contribution >= 4 is 28.7 Å². The highest BCUT2D eigenvalue weighted by molar-refractivity contribution is 7.80. The first kappa shape index (κ1) is 14.3. The molecule has 3 N–H and O–H groups in total. The van der Waals surface area contributed by atoms with Crippen LogP contribution in [0.3, 0.4) is 0 Å². The van der Waals surface area contributed by atoms with Crippen molar-refractivity contribution in [3.63, 3.8) is 0 Å². The maximum atomic E-state index is 12.4. The maximum Gasteiger partial charge on any atom is 0.416 e. The SMILES string of the molecule is NC(=S)c1ccnc(Nc2ccc(C(F)(F)F)cc2)c1. The Balaban J connectivity index is 2.18. The molecule has 7 heteroatoms. The van der Waals surface area contributed by atoms with E-state index >= 15 is 0 Å². The van der Waals surface area contributed by atoms with Crippen LogP contribution >= 0.6 is 12.2 Å². The van der Waals surface area contributed by atoms with Crippen LogP contribution in [0.15, 0.2) is 42.6 Å². The van der Waals surface area contributed by atoms with Gasteiger partial charge in [-0.2, -0.15) is 13.2 Å². The van der Waals surface area contributed by atoms with Gasteiger partial charge >= 0.3 is 6.18 Å². The second-order valence-electron chi connectivity index (χ2n) is 3.99. The molecule has 0 fully saturated rings. The van der Waals surface area contributed by atoms with Crippen LogP contribution in [0.4, 0.5) is 24.7 Å². The Morgan fingerprint density at radius 1 is 1.15 bits per heavy atom. The molecule has 1 aromatic carbocycles. The van der Waals surface area contributed by atoms with E-state index in [1.807, 2.05) is 0 Å². The molecule has 0 aliphatic carbocycles. The molecule has 0 radical (unpaired) electrons. The zero-order valence-electron chi connectivity index (χ0n) is 10.1. The van der Waals surface area contributed by atoms with Gasteiger partial charge in [0.2, 0.25) is 0 Å². The molecule has 0 atom stereocenters. The number of anilines is 2. The zero-order chi connectivity index (χ0) is 14.8. The van der Waals surface area contributed by atoms with Crippen molar-refractivity contribution in [2.75, 3.05) is 5.32 Å². The number of hydrogen-bond donors (Lipinski definition) is 2. The monoisotopic (exact) mass is 297 g/mol. The highest BCUT2D eigenvalue weighted by Gasteiger charge is 2.29. The molecule has 0 amide bonds. The lowest BCUT2D eigenvalue weighted by Gasteiger charge is -2.09. The average Bonchev–Trinajstić information content (AvgIpc) is 2.38. The fourth-order valence-corrected chi connectivity index (χ4v) is 1.67. The van der Waals surface area contributed by atoms with Crippen LogP contribution in [0.1, 0.15) is 11.1 Å². The summed E-state index contributed by atoms with van der Waals surface area (Å²) in [7, 11) is 0. The molecule has 0 spiro atoms. The highest BCUT2D eigenvalue weighted by atomic mass is 32.1. The predicted molar refractivity (Wildman–Crippen MR) is 74.9 cm³/mol. The summed E-state index contributed by atoms with van der Waals surface area (Å²) in [4.78, 5) is 4.26. The van der Waals surface area contributed by atoms with E-state index in [1.165, 1.54) is 18.3 Å². The third kappa shape index (κ3) is 3.45. The van der Waals surface area contributed by atoms with Crippen LogP contribution in [-0.2, 0) is 6.18 Å². The third-order valence-corrected chi connectivity index (χ3v) is 2.76. The minimum absolute atomic E-state index is 0.225. The Hall–Kier alpha value is -2.15. The average molecular weight is 297 g/mol. The zero-order valence-corrected chi connectivity index (χ0v) is 10.9. The first-order valence-corrected chi connectivity index (χ1v) is 5.97. The number of aromatic nitrogens is 1. The van der Waals surface area contributed by atoms with Gasteiger partial charge in [-0.15, -0.1) is 0 Å². The minimum Gasteiger partial charge on any atom is -0.389 e. The van der Waals surface area contributed by atoms with E-state index in [4.69, 9.17) is 18.0 Å². The standard InChI is InChI=1S/C13H10F3N3S/c14-13(15,16)9-1-3-10(4-2-9)19-11-7-8(12(17)20)5-6-18-11/h1-7H,(H2,17,20)(H,18,19). The van der Waals surface area contributed by atoms with Crippen molar-refractivity contribution in [1.82, 2.24) is 4.98 Å². The predicted octanol–water partition coefficient (Wildman–Crippen LogP) is 3.48. The van der Waals surface area contributed by atoms with E-state index in [0.717, 1.165) is 12.1 Å². The molecule has 0 bridgehead atoms. The van der Waals surface area contributed by atoms with Crippen molar-refractivity contribution in [3.8, 4) is 0 Å². The molecule has 104 valence electrons. The molecule has 1 aromatic heterocycles. The first-order chi connectivity index (χ1) is 9.36. The van der Waals surface area contributed by atoms with Gasteiger partial charge in [0, 0.05) is 17.4 Å². The van der Waals surface area contributed by atoms with Crippen LogP contribution in [-0.4, -0.2) is 9.97 Å². The van der Waals surface area contributed by atoms with Gasteiger partial charge in [0.15, 0.2) is 0 Å². The van der Waals surface area contributed by atoms with Crippen molar-refractivity contribution in [2.45, 2.75) is 6.18 Å². The van der Waals surface area contributed by atoms with Gasteiger partial charge in [0.05, 0.1) is 5.56 Å². The third-order valence-electron chi connectivity index (χ3n) is 2.53. The number of pyridine rings is 1. The summed E-state index contributed by atoms with van der Waals surface area (Å²) in [6, 6.07) is 7.94. The molecule has 3 nitrogen and oxygen atoms in total. The van der Waals surface area contributed by atoms with Crippen molar-refractivity contribution < 1.29 is 13.2 Å². The van der Waals surface area contributed by atoms with Gasteiger partial charge < -0.3 is 11.1 Å². The smallest absolute Gasteiger partial charge is 0.389 e. The van der Waals surface area contributed by atoms with Gasteiger partial charge in [-0.1, -0.05) is 12.2 Å². The summed E-state index contributed by atoms with van der Waals surface area (Å²) in [6.45, 7) is 0. The molecule has 0 aliphatic heterocycles. The molecular formula is C13H10F3N3S. The number of thiocarbonyl (C=S) groups is 1. The number of halogens is 3. The number of hydrogen-bond acceptors (Lipinski definition) is 3. The maximum absolute atomic E-state index is 12.4. The second kappa shape index (κ2) is 5.46. The molecule has 0 aliphatic rings. The Bertz CT molecular complexity index is 624. The van der Waals surface area contributed by atoms with Gasteiger partial charge in [-0.25, -0.2) is 4.98 Å². The number of rotatable bonds is 3. The summed E-state index contributed by atoms with van der Waals surface area (Å²) in [5, 5.41) is 2.88. The van der Waals surface area contributed by atoms with E-state index < -0.39 is 11.7 Å². The highest BCUT2D eigenvalue weighted by Crippen LogP contribution is 2.30. The minimum atomic E-state index is -4.34. The number of nitrogens with one attached hydrogen (secondary N) is 1. The lowest BCUT2D eigenvalue weighted by Crippen LogP contribution is -2.10. The van der Waals surface area contributed by atoms with Crippen molar-refractivity contribution in [2.24, 2.45) is 5.73 Å². The second-order valence-corrected chi connectivity index (χ2v) is 4.43. The van der Waals surface area contributed by atoms with E-state index in [9.17, 15) is 13.2 Å². The van der Waals surface area contributed by atoms with Crippen LogP contribution in [0.2, 0.25) is 0 Å². The summed E-state index contributed by atoms with van der Waals surface area (Å²) in [5.41, 5.74) is 5.91. The molecule has 2 aromatic rings. The number of benzene rings is 1. The van der Waals surface area contributed by atoms with Crippen LogP contribution in [0.25, 0.3) is 0 Å².